The summed E-state index contributed by atoms with van der Waals surface area (Å²) in [6.07, 6.45) is 73.7. The lowest BCUT2D eigenvalue weighted by atomic mass is 10.0. The molecule has 73 heavy (non-hydrogen) atoms. The van der Waals surface area contributed by atoms with Crippen molar-refractivity contribution in [2.75, 3.05) is 13.2 Å². The molecule has 0 unspecified atom stereocenters. The van der Waals surface area contributed by atoms with Crippen LogP contribution >= 0.6 is 0 Å². The van der Waals surface area contributed by atoms with E-state index in [1.807, 2.05) is 0 Å². The summed E-state index contributed by atoms with van der Waals surface area (Å²) in [5.41, 5.74) is 0. The molecule has 6 heteroatoms. The van der Waals surface area contributed by atoms with Crippen molar-refractivity contribution < 1.29 is 28.6 Å². The average molecular weight is 1030 g/mol. The fourth-order valence-corrected chi connectivity index (χ4v) is 10.3. The van der Waals surface area contributed by atoms with Gasteiger partial charge in [-0.25, -0.2) is 0 Å². The molecule has 0 rings (SSSR count). The summed E-state index contributed by atoms with van der Waals surface area (Å²) in [6.45, 7) is 6.70. The molecule has 0 aliphatic carbocycles. The van der Waals surface area contributed by atoms with Gasteiger partial charge in [0, 0.05) is 19.3 Å². The molecule has 0 heterocycles. The maximum Gasteiger partial charge on any atom is 0.306 e. The molecule has 0 N–H and O–H groups in total. The van der Waals surface area contributed by atoms with Gasteiger partial charge in [-0.05, 0) is 44.9 Å². The third-order valence-corrected chi connectivity index (χ3v) is 15.3. The molecular formula is C67H128O6. The molecule has 0 amide bonds. The second kappa shape index (κ2) is 62.7. The van der Waals surface area contributed by atoms with Gasteiger partial charge in [-0.3, -0.25) is 14.4 Å². The van der Waals surface area contributed by atoms with Crippen molar-refractivity contribution in [2.45, 2.75) is 386 Å². The molecule has 0 spiro atoms. The van der Waals surface area contributed by atoms with E-state index in [4.69, 9.17) is 14.2 Å². The van der Waals surface area contributed by atoms with Crippen molar-refractivity contribution in [3.05, 3.63) is 12.2 Å². The first-order valence-corrected chi connectivity index (χ1v) is 33.2. The zero-order valence-corrected chi connectivity index (χ0v) is 49.7. The first-order chi connectivity index (χ1) is 36.0. The van der Waals surface area contributed by atoms with Crippen molar-refractivity contribution >= 4 is 17.9 Å². The van der Waals surface area contributed by atoms with Crippen molar-refractivity contribution in [2.24, 2.45) is 0 Å². The molecule has 0 aromatic heterocycles. The van der Waals surface area contributed by atoms with Crippen molar-refractivity contribution in [1.29, 1.82) is 0 Å². The average Bonchev–Trinajstić information content (AvgIpc) is 3.39. The van der Waals surface area contributed by atoms with Gasteiger partial charge in [0.25, 0.3) is 0 Å². The molecule has 0 bridgehead atoms. The number of rotatable bonds is 62. The number of unbranched alkanes of at least 4 members (excludes halogenated alkanes) is 49. The predicted octanol–water partition coefficient (Wildman–Crippen LogP) is 22.4. The SMILES string of the molecule is CCCCCC/C=C\CCCCCCCC(=O)OC(COC(=O)CCCCCCCCCCCCCCCCCCCCCCC)COC(=O)CCCCCCCCCCCCCCCCCCCCCCC. The molecule has 0 aliphatic rings. The molecule has 0 saturated heterocycles. The number of hydrogen-bond acceptors (Lipinski definition) is 6. The van der Waals surface area contributed by atoms with Gasteiger partial charge in [0.2, 0.25) is 0 Å². The molecule has 0 fully saturated rings. The molecule has 0 atom stereocenters. The Morgan fingerprint density at radius 2 is 0.452 bits per heavy atom. The minimum absolute atomic E-state index is 0.0669. The van der Waals surface area contributed by atoms with E-state index in [0.717, 1.165) is 64.2 Å². The highest BCUT2D eigenvalue weighted by Crippen LogP contribution is 2.19. The van der Waals surface area contributed by atoms with E-state index >= 15 is 0 Å². The molecule has 0 aromatic carbocycles. The van der Waals surface area contributed by atoms with Gasteiger partial charge < -0.3 is 14.2 Å². The van der Waals surface area contributed by atoms with Gasteiger partial charge in [-0.15, -0.1) is 0 Å². The quantitative estimate of drug-likeness (QED) is 0.0261. The Bertz CT molecular complexity index is 1070. The van der Waals surface area contributed by atoms with Gasteiger partial charge in [-0.1, -0.05) is 328 Å². The maximum absolute atomic E-state index is 12.9. The lowest BCUT2D eigenvalue weighted by Gasteiger charge is -2.18. The minimum atomic E-state index is -0.770. The van der Waals surface area contributed by atoms with Crippen LogP contribution < -0.4 is 0 Å². The molecule has 0 aromatic rings. The van der Waals surface area contributed by atoms with Crippen LogP contribution in [0.1, 0.15) is 380 Å². The van der Waals surface area contributed by atoms with Gasteiger partial charge in [-0.2, -0.15) is 0 Å². The van der Waals surface area contributed by atoms with Gasteiger partial charge in [0.05, 0.1) is 0 Å². The standard InChI is InChI=1S/C67H128O6/c1-4-7-10-13-16-19-22-25-27-29-31-33-35-37-39-42-44-47-50-53-56-59-65(68)71-62-64(73-67(70)61-58-55-52-49-46-41-24-21-18-15-12-9-6-3)63-72-66(69)60-57-54-51-48-45-43-40-38-36-34-32-30-28-26-23-20-17-14-11-8-5-2/h21,24,64H,4-20,22-23,25-63H2,1-3H3/b24-21-. The molecule has 0 radical (unpaired) electrons. The number of hydrogen-bond donors (Lipinski definition) is 0. The number of carbonyl (C=O) groups is 3. The van der Waals surface area contributed by atoms with Crippen molar-refractivity contribution in [1.82, 2.24) is 0 Å². The second-order valence-electron chi connectivity index (χ2n) is 22.7. The number of carbonyl (C=O) groups excluding carboxylic acids is 3. The fourth-order valence-electron chi connectivity index (χ4n) is 10.3. The summed E-state index contributed by atoms with van der Waals surface area (Å²) in [4.78, 5) is 38.3. The van der Waals surface area contributed by atoms with Gasteiger partial charge >= 0.3 is 17.9 Å². The lowest BCUT2D eigenvalue weighted by molar-refractivity contribution is -0.167. The molecular weight excluding hydrogens is 901 g/mol. The molecule has 0 aliphatic heterocycles. The Morgan fingerprint density at radius 3 is 0.699 bits per heavy atom. The molecule has 432 valence electrons. The zero-order valence-electron chi connectivity index (χ0n) is 49.7. The minimum Gasteiger partial charge on any atom is -0.462 e. The van der Waals surface area contributed by atoms with E-state index in [1.165, 1.54) is 276 Å². The van der Waals surface area contributed by atoms with Crippen LogP contribution in [0.25, 0.3) is 0 Å². The van der Waals surface area contributed by atoms with E-state index in [0.29, 0.717) is 19.3 Å². The topological polar surface area (TPSA) is 78.9 Å². The lowest BCUT2D eigenvalue weighted by Crippen LogP contribution is -2.30. The fraction of sp³-hybridized carbons (Fsp3) is 0.925. The van der Waals surface area contributed by atoms with Crippen LogP contribution in [0.5, 0.6) is 0 Å². The zero-order chi connectivity index (χ0) is 52.9. The smallest absolute Gasteiger partial charge is 0.306 e. The summed E-state index contributed by atoms with van der Waals surface area (Å²) in [5.74, 6) is -0.844. The molecule has 6 nitrogen and oxygen atoms in total. The maximum atomic E-state index is 12.9. The Morgan fingerprint density at radius 1 is 0.260 bits per heavy atom. The third kappa shape index (κ3) is 60.9. The van der Waals surface area contributed by atoms with Crippen LogP contribution in [-0.4, -0.2) is 37.2 Å². The first-order valence-electron chi connectivity index (χ1n) is 33.2. The summed E-state index contributed by atoms with van der Waals surface area (Å²) < 4.78 is 17.0. The number of ether oxygens (including phenoxy) is 3. The second-order valence-corrected chi connectivity index (χ2v) is 22.7. The predicted molar refractivity (Wildman–Crippen MR) is 317 cm³/mol. The van der Waals surface area contributed by atoms with E-state index in [1.54, 1.807) is 0 Å². The van der Waals surface area contributed by atoms with E-state index < -0.39 is 6.10 Å². The highest BCUT2D eigenvalue weighted by atomic mass is 16.6. The van der Waals surface area contributed by atoms with Crippen molar-refractivity contribution in [3.63, 3.8) is 0 Å². The summed E-state index contributed by atoms with van der Waals surface area (Å²) in [7, 11) is 0. The van der Waals surface area contributed by atoms with Crippen LogP contribution in [0, 0.1) is 0 Å². The number of esters is 3. The van der Waals surface area contributed by atoms with Gasteiger partial charge in [0.15, 0.2) is 6.10 Å². The summed E-state index contributed by atoms with van der Waals surface area (Å²) in [6, 6.07) is 0. The van der Waals surface area contributed by atoms with Crippen LogP contribution in [0.2, 0.25) is 0 Å². The van der Waals surface area contributed by atoms with Crippen LogP contribution in [0.15, 0.2) is 12.2 Å². The summed E-state index contributed by atoms with van der Waals surface area (Å²) in [5, 5.41) is 0. The van der Waals surface area contributed by atoms with Crippen LogP contribution in [0.4, 0.5) is 0 Å². The van der Waals surface area contributed by atoms with Crippen LogP contribution in [-0.2, 0) is 28.6 Å². The Kier molecular flexibility index (Phi) is 61.1. The normalized spacial score (nSPS) is 11.6. The van der Waals surface area contributed by atoms with Crippen LogP contribution in [0.3, 0.4) is 0 Å². The Labute approximate surface area is 456 Å². The van der Waals surface area contributed by atoms with E-state index in [2.05, 4.69) is 32.9 Å². The van der Waals surface area contributed by atoms with E-state index in [9.17, 15) is 14.4 Å². The third-order valence-electron chi connectivity index (χ3n) is 15.3. The summed E-state index contributed by atoms with van der Waals surface area (Å²) >= 11 is 0. The number of allylic oxidation sites excluding steroid dienone is 2. The monoisotopic (exact) mass is 1030 g/mol. The Balaban J connectivity index is 4.22. The van der Waals surface area contributed by atoms with E-state index in [-0.39, 0.29) is 31.1 Å². The largest absolute Gasteiger partial charge is 0.462 e. The molecule has 0 saturated carbocycles. The highest BCUT2D eigenvalue weighted by Gasteiger charge is 2.19. The Hall–Kier alpha value is -1.85. The highest BCUT2D eigenvalue weighted by molar-refractivity contribution is 5.71. The first kappa shape index (κ1) is 71.2. The van der Waals surface area contributed by atoms with Gasteiger partial charge in [0.1, 0.15) is 13.2 Å². The van der Waals surface area contributed by atoms with Crippen molar-refractivity contribution in [3.8, 4) is 0 Å².